The molecule has 18 nitrogen and oxygen atoms in total. The van der Waals surface area contributed by atoms with E-state index < -0.39 is 0 Å². The largest absolute Gasteiger partial charge is 0.350 e. The van der Waals surface area contributed by atoms with Crippen LogP contribution in [0.5, 0.6) is 0 Å². The Morgan fingerprint density at radius 3 is 0.846 bits per heavy atom. The van der Waals surface area contributed by atoms with E-state index in [4.69, 9.17) is 34.8 Å². The minimum absolute atomic E-state index is 0.0234. The number of nitrogens with one attached hydrogen (secondary N) is 6. The van der Waals surface area contributed by atoms with E-state index in [0.717, 1.165) is 169 Å². The lowest BCUT2D eigenvalue weighted by Gasteiger charge is -2.31. The number of hydrogen-bond acceptors (Lipinski definition) is 12. The van der Waals surface area contributed by atoms with E-state index in [-0.39, 0.29) is 71.7 Å². The summed E-state index contributed by atoms with van der Waals surface area (Å²) in [6.45, 7) is 21.8. The Bertz CT molecular complexity index is 4410. The number of carbonyl (C=O) groups excluding carboxylic acids is 6. The van der Waals surface area contributed by atoms with Gasteiger partial charge in [0.25, 0.3) is 17.7 Å². The Morgan fingerprint density at radius 2 is 0.585 bits per heavy atom. The summed E-state index contributed by atoms with van der Waals surface area (Å²) in [5.74, 6) is 1.20. The predicted octanol–water partition coefficient (Wildman–Crippen LogP) is 17.6. The average Bonchev–Trinajstić information content (AvgIpc) is 1.05. The second-order valence-corrected chi connectivity index (χ2v) is 36.1. The molecule has 123 heavy (non-hydrogen) atoms. The van der Waals surface area contributed by atoms with Crippen molar-refractivity contribution in [1.29, 1.82) is 0 Å². The highest BCUT2D eigenvalue weighted by Gasteiger charge is 2.37. The zero-order valence-corrected chi connectivity index (χ0v) is 74.7. The number of benzene rings is 9. The van der Waals surface area contributed by atoms with E-state index in [2.05, 4.69) is 155 Å². The molecule has 0 aliphatic carbocycles. The van der Waals surface area contributed by atoms with Gasteiger partial charge in [-0.1, -0.05) is 202 Å². The molecule has 6 amide bonds. The van der Waals surface area contributed by atoms with Crippen LogP contribution >= 0.6 is 34.8 Å². The summed E-state index contributed by atoms with van der Waals surface area (Å²) in [6, 6.07) is 65.0. The van der Waals surface area contributed by atoms with E-state index in [1.807, 2.05) is 127 Å². The number of fused-ring (bicyclic) bond motifs is 3. The van der Waals surface area contributed by atoms with Gasteiger partial charge in [0, 0.05) is 146 Å². The van der Waals surface area contributed by atoms with Crippen molar-refractivity contribution in [3.63, 3.8) is 0 Å². The van der Waals surface area contributed by atoms with Crippen LogP contribution in [0.1, 0.15) is 202 Å². The van der Waals surface area contributed by atoms with Crippen molar-refractivity contribution in [3.8, 4) is 0 Å². The number of likely N-dealkylation sites (tertiary alicyclic amines) is 3. The normalized spacial score (nSPS) is 21.0. The molecule has 6 fully saturated rings. The predicted molar refractivity (Wildman–Crippen MR) is 503 cm³/mol. The van der Waals surface area contributed by atoms with E-state index >= 15 is 0 Å². The summed E-state index contributed by atoms with van der Waals surface area (Å²) in [7, 11) is 0. The number of rotatable bonds is 30. The monoisotopic (exact) mass is 1720 g/mol. The fourth-order valence-corrected chi connectivity index (χ4v) is 19.3. The Kier molecular flexibility index (Phi) is 35.1. The van der Waals surface area contributed by atoms with E-state index in [1.165, 1.54) is 74.5 Å². The molecule has 9 aromatic rings. The molecule has 6 heterocycles. The van der Waals surface area contributed by atoms with Crippen LogP contribution in [-0.2, 0) is 14.4 Å². The molecule has 6 N–H and O–H groups in total. The lowest BCUT2D eigenvalue weighted by Crippen LogP contribution is -2.50. The Balaban J connectivity index is 0.000000159. The van der Waals surface area contributed by atoms with Gasteiger partial charge in [-0.05, 0) is 257 Å². The van der Waals surface area contributed by atoms with Crippen molar-refractivity contribution in [2.24, 2.45) is 0 Å². The molecule has 6 aliphatic rings. The highest BCUT2D eigenvalue weighted by atomic mass is 35.5. The third-order valence-corrected chi connectivity index (χ3v) is 27.0. The van der Waals surface area contributed by atoms with Crippen molar-refractivity contribution >= 4 is 103 Å². The zero-order valence-electron chi connectivity index (χ0n) is 72.5. The van der Waals surface area contributed by atoms with Crippen LogP contribution in [0.15, 0.2) is 200 Å². The average molecular weight is 1730 g/mol. The van der Waals surface area contributed by atoms with Gasteiger partial charge in [0.2, 0.25) is 17.7 Å². The molecule has 0 radical (unpaired) electrons. The number of halogens is 3. The van der Waals surface area contributed by atoms with Crippen LogP contribution in [-0.4, -0.2) is 219 Å². The molecule has 6 aliphatic heterocycles. The molecule has 0 saturated carbocycles. The van der Waals surface area contributed by atoms with Crippen molar-refractivity contribution in [2.45, 2.75) is 190 Å². The maximum absolute atomic E-state index is 13.9. The van der Waals surface area contributed by atoms with E-state index in [1.54, 1.807) is 0 Å². The van der Waals surface area contributed by atoms with E-state index in [9.17, 15) is 28.8 Å². The summed E-state index contributed by atoms with van der Waals surface area (Å²) in [6.07, 6.45) is 19.1. The van der Waals surface area contributed by atoms with Crippen LogP contribution in [0.3, 0.4) is 0 Å². The van der Waals surface area contributed by atoms with Gasteiger partial charge in [-0.15, -0.1) is 0 Å². The molecule has 21 heteroatoms. The third kappa shape index (κ3) is 26.9. The quantitative estimate of drug-likeness (QED) is 0.0250. The van der Waals surface area contributed by atoms with Gasteiger partial charge >= 0.3 is 0 Å². The standard InChI is InChI=1S/3C34H43ClN4O2/c3*1-2-25(26-9-5-3-6-10-26)24-39-20-15-31(37-32(34(39)41)16-19-38-17-7-4-8-18-38)23-36-33(40)29-12-11-28-22-30(35)14-13-27(28)21-29/h3*3,5-6,9-14,21-22,25,31-32,37H,2,4,7-8,15-20,23-24H2,1H3,(H,36,40)/t25-,31+,32+;25-,31+,32-;25-,31-,32+/m011/s1. The summed E-state index contributed by atoms with van der Waals surface area (Å²) in [4.78, 5) is 94.8. The molecule has 0 aromatic heterocycles. The van der Waals surface area contributed by atoms with Crippen molar-refractivity contribution in [3.05, 3.63) is 249 Å². The first-order valence-electron chi connectivity index (χ1n) is 45.9. The molecular formula is C102H129Cl3N12O6. The van der Waals surface area contributed by atoms with Crippen molar-refractivity contribution in [1.82, 2.24) is 61.3 Å². The van der Waals surface area contributed by atoms with E-state index in [0.29, 0.717) is 88.8 Å². The number of piperidine rings is 3. The maximum Gasteiger partial charge on any atom is 0.251 e. The number of amides is 6. The first kappa shape index (κ1) is 91.9. The second-order valence-electron chi connectivity index (χ2n) is 34.8. The second kappa shape index (κ2) is 47.0. The van der Waals surface area contributed by atoms with Crippen molar-refractivity contribution in [2.75, 3.05) is 118 Å². The van der Waals surface area contributed by atoms with Gasteiger partial charge in [-0.3, -0.25) is 28.8 Å². The molecule has 0 bridgehead atoms. The summed E-state index contributed by atoms with van der Waals surface area (Å²) >= 11 is 18.4. The summed E-state index contributed by atoms with van der Waals surface area (Å²) in [5.41, 5.74) is 5.73. The van der Waals surface area contributed by atoms with Crippen LogP contribution in [0.25, 0.3) is 32.3 Å². The lowest BCUT2D eigenvalue weighted by atomic mass is 9.95. The smallest absolute Gasteiger partial charge is 0.251 e. The summed E-state index contributed by atoms with van der Waals surface area (Å²) in [5, 5.41) is 28.4. The highest BCUT2D eigenvalue weighted by molar-refractivity contribution is 6.32. The Hall–Kier alpha value is -8.79. The lowest BCUT2D eigenvalue weighted by molar-refractivity contribution is -0.134. The Morgan fingerprint density at radius 1 is 0.333 bits per heavy atom. The van der Waals surface area contributed by atoms with Gasteiger partial charge < -0.3 is 61.3 Å². The van der Waals surface area contributed by atoms with Gasteiger partial charge in [-0.25, -0.2) is 0 Å². The SMILES string of the molecule is CC[C@@H](CN1CC[C@H](CNC(=O)c2ccc3cc(Cl)ccc3c2)N[C@H](CCN2CCCCC2)C1=O)c1ccccc1.CC[C@H](CN1CC[C@@H](CNC(=O)c2ccc3cc(Cl)ccc3c2)N[C@H](CCN2CCCCC2)C1=O)c1ccccc1.CC[C@H](CN1CC[C@H](CNC(=O)c2ccc3cc(Cl)ccc3c2)N[C@@H](CCN2CCCCC2)C1=O)c1ccccc1. The van der Waals surface area contributed by atoms with Gasteiger partial charge in [0.15, 0.2) is 0 Å². The highest BCUT2D eigenvalue weighted by Crippen LogP contribution is 2.30. The van der Waals surface area contributed by atoms with Crippen LogP contribution < -0.4 is 31.9 Å². The van der Waals surface area contributed by atoms with Crippen LogP contribution in [0, 0.1) is 0 Å². The minimum atomic E-state index is -0.250. The fourth-order valence-electron chi connectivity index (χ4n) is 18.8. The Labute approximate surface area is 744 Å². The molecule has 9 atom stereocenters. The molecule has 15 rings (SSSR count). The fraction of sp³-hybridized carbons (Fsp3) is 0.471. The van der Waals surface area contributed by atoms with Crippen molar-refractivity contribution < 1.29 is 28.8 Å². The van der Waals surface area contributed by atoms with Gasteiger partial charge in [0.05, 0.1) is 18.1 Å². The van der Waals surface area contributed by atoms with Gasteiger partial charge in [0.1, 0.15) is 0 Å². The van der Waals surface area contributed by atoms with Gasteiger partial charge in [-0.2, -0.15) is 0 Å². The first-order chi connectivity index (χ1) is 60.0. The molecule has 654 valence electrons. The first-order valence-corrected chi connectivity index (χ1v) is 47.0. The molecular weight excluding hydrogens is 1600 g/mol. The maximum atomic E-state index is 13.9. The summed E-state index contributed by atoms with van der Waals surface area (Å²) < 4.78 is 0. The number of hydrogen-bond donors (Lipinski definition) is 6. The molecule has 6 saturated heterocycles. The third-order valence-electron chi connectivity index (χ3n) is 26.3. The zero-order chi connectivity index (χ0) is 85.8. The molecule has 9 aromatic carbocycles. The topological polar surface area (TPSA) is 194 Å². The van der Waals surface area contributed by atoms with Crippen LogP contribution in [0.4, 0.5) is 0 Å². The minimum Gasteiger partial charge on any atom is -0.350 e. The molecule has 0 unspecified atom stereocenters. The molecule has 0 spiro atoms. The number of nitrogens with zero attached hydrogens (tertiary/aromatic N) is 6. The number of carbonyl (C=O) groups is 6. The van der Waals surface area contributed by atoms with Crippen LogP contribution in [0.2, 0.25) is 15.1 Å².